The van der Waals surface area contributed by atoms with E-state index >= 15 is 0 Å². The van der Waals surface area contributed by atoms with Crippen LogP contribution >= 0.6 is 11.3 Å². The fraction of sp³-hybridized carbons (Fsp3) is 0.250. The van der Waals surface area contributed by atoms with Gasteiger partial charge in [-0.25, -0.2) is 9.37 Å². The quantitative estimate of drug-likeness (QED) is 0.605. The normalized spacial score (nSPS) is 11.9. The number of anilines is 1. The maximum Gasteiger partial charge on any atom is 0.259 e. The molecule has 0 N–H and O–H groups in total. The number of benzene rings is 1. The Morgan fingerprint density at radius 1 is 1.33 bits per heavy atom. The van der Waals surface area contributed by atoms with Crippen molar-refractivity contribution in [2.45, 2.75) is 20.4 Å². The second-order valence-electron chi connectivity index (χ2n) is 6.00. The Morgan fingerprint density at radius 3 is 2.74 bits per heavy atom. The Bertz CT molecular complexity index is 1050. The van der Waals surface area contributed by atoms with Gasteiger partial charge in [0.1, 0.15) is 5.82 Å². The van der Waals surface area contributed by atoms with Gasteiger partial charge in [0.05, 0.1) is 17.9 Å². The fourth-order valence-corrected chi connectivity index (χ4v) is 3.85. The van der Waals surface area contributed by atoms with Gasteiger partial charge in [-0.15, -0.1) is 11.3 Å². The molecule has 2 aromatic heterocycles. The van der Waals surface area contributed by atoms with Crippen LogP contribution in [0.25, 0.3) is 11.0 Å². The minimum absolute atomic E-state index is 0.109. The zero-order chi connectivity index (χ0) is 19.4. The van der Waals surface area contributed by atoms with E-state index < -0.39 is 0 Å². The third-order valence-corrected chi connectivity index (χ3v) is 5.17. The van der Waals surface area contributed by atoms with E-state index in [9.17, 15) is 9.18 Å². The Labute approximate surface area is 161 Å². The molecule has 0 aliphatic heterocycles. The molecule has 2 heterocycles. The summed E-state index contributed by atoms with van der Waals surface area (Å²) in [5.41, 5.74) is 2.30. The minimum Gasteiger partial charge on any atom is -0.366 e. The lowest BCUT2D eigenvalue weighted by Crippen LogP contribution is -2.24. The van der Waals surface area contributed by atoms with E-state index in [1.807, 2.05) is 26.0 Å². The first kappa shape index (κ1) is 19.0. The third kappa shape index (κ3) is 4.14. The van der Waals surface area contributed by atoms with Crippen LogP contribution in [0.5, 0.6) is 0 Å². The molecule has 7 heteroatoms. The van der Waals surface area contributed by atoms with Gasteiger partial charge in [0.2, 0.25) is 0 Å². The summed E-state index contributed by atoms with van der Waals surface area (Å²) in [5, 5.41) is 0. The van der Waals surface area contributed by atoms with Gasteiger partial charge < -0.3 is 4.90 Å². The first-order valence-electron chi connectivity index (χ1n) is 8.65. The van der Waals surface area contributed by atoms with E-state index in [0.717, 1.165) is 22.8 Å². The molecule has 0 saturated heterocycles. The topological polar surface area (TPSA) is 50.0 Å². The molecule has 1 aromatic carbocycles. The van der Waals surface area contributed by atoms with Gasteiger partial charge in [-0.2, -0.15) is 0 Å². The lowest BCUT2D eigenvalue weighted by molar-refractivity contribution is 0.627. The van der Waals surface area contributed by atoms with Crippen molar-refractivity contribution in [3.8, 4) is 0 Å². The Kier molecular flexibility index (Phi) is 5.81. The maximum absolute atomic E-state index is 13.2. The number of nitrogens with zero attached hydrogens (tertiary/aromatic N) is 4. The average molecular weight is 384 g/mol. The second-order valence-corrected chi connectivity index (χ2v) is 7.19. The van der Waals surface area contributed by atoms with Crippen LogP contribution in [0.2, 0.25) is 0 Å². The highest BCUT2D eigenvalue weighted by Crippen LogP contribution is 2.22. The third-order valence-electron chi connectivity index (χ3n) is 4.20. The molecule has 0 aliphatic carbocycles. The van der Waals surface area contributed by atoms with Gasteiger partial charge in [0, 0.05) is 36.4 Å². The lowest BCUT2D eigenvalue weighted by Gasteiger charge is -2.22. The van der Waals surface area contributed by atoms with Gasteiger partial charge in [0.15, 0.2) is 4.96 Å². The molecular weight excluding hydrogens is 363 g/mol. The molecule has 0 fully saturated rings. The van der Waals surface area contributed by atoms with Crippen molar-refractivity contribution in [3.05, 3.63) is 68.8 Å². The molecule has 0 atom stereocenters. The summed E-state index contributed by atoms with van der Waals surface area (Å²) in [7, 11) is 1.70. The highest BCUT2D eigenvalue weighted by molar-refractivity contribution is 7.17. The highest BCUT2D eigenvalue weighted by atomic mass is 32.1. The van der Waals surface area contributed by atoms with Crippen molar-refractivity contribution in [1.82, 2.24) is 9.38 Å². The molecular formula is C20H21FN4OS. The van der Waals surface area contributed by atoms with Crippen LogP contribution in [-0.4, -0.2) is 29.2 Å². The first-order chi connectivity index (χ1) is 13.0. The Hall–Kier alpha value is -2.80. The predicted molar refractivity (Wildman–Crippen MR) is 111 cm³/mol. The van der Waals surface area contributed by atoms with Crippen LogP contribution in [-0.2, 0) is 6.54 Å². The van der Waals surface area contributed by atoms with E-state index in [-0.39, 0.29) is 11.4 Å². The minimum atomic E-state index is -0.268. The summed E-state index contributed by atoms with van der Waals surface area (Å²) >= 11 is 1.49. The van der Waals surface area contributed by atoms with Crippen LogP contribution in [0.1, 0.15) is 23.2 Å². The van der Waals surface area contributed by atoms with E-state index in [1.54, 1.807) is 35.9 Å². The molecule has 0 radical (unpaired) electrons. The van der Waals surface area contributed by atoms with Crippen LogP contribution in [0.4, 0.5) is 10.1 Å². The van der Waals surface area contributed by atoms with Crippen LogP contribution in [0, 0.1) is 12.7 Å². The number of allylic oxidation sites excluding steroid dienone is 1. The molecule has 0 bridgehead atoms. The SMILES string of the molecule is CCN(Cc1cc(=O)n2c(C=CC=NC)c(C)sc2n1)c1ccc(F)cc1. The summed E-state index contributed by atoms with van der Waals surface area (Å²) in [4.78, 5) is 25.0. The molecule has 0 aliphatic rings. The predicted octanol–water partition coefficient (Wildman–Crippen LogP) is 3.94. The standard InChI is InChI=1S/C20H21FN4OS/c1-4-24(17-9-7-15(21)8-10-17)13-16-12-19(26)25-18(6-5-11-22-3)14(2)27-20(25)23-16/h5-12H,4,13H2,1-3H3. The number of hydrogen-bond acceptors (Lipinski definition) is 5. The fourth-order valence-electron chi connectivity index (χ4n) is 2.87. The zero-order valence-corrected chi connectivity index (χ0v) is 16.3. The molecule has 3 rings (SSSR count). The van der Waals surface area contributed by atoms with Gasteiger partial charge in [-0.3, -0.25) is 14.2 Å². The number of hydrogen-bond donors (Lipinski definition) is 0. The Morgan fingerprint density at radius 2 is 2.07 bits per heavy atom. The van der Waals surface area contributed by atoms with Crippen molar-refractivity contribution in [1.29, 1.82) is 0 Å². The number of halogens is 1. The van der Waals surface area contributed by atoms with Crippen LogP contribution in [0.15, 0.2) is 46.2 Å². The molecule has 0 unspecified atom stereocenters. The van der Waals surface area contributed by atoms with Crippen molar-refractivity contribution >= 4 is 34.3 Å². The summed E-state index contributed by atoms with van der Waals surface area (Å²) in [6, 6.07) is 7.90. The van der Waals surface area contributed by atoms with Crippen molar-refractivity contribution in [2.75, 3.05) is 18.5 Å². The van der Waals surface area contributed by atoms with E-state index in [0.29, 0.717) is 17.2 Å². The van der Waals surface area contributed by atoms with E-state index in [1.165, 1.54) is 23.5 Å². The molecule has 0 spiro atoms. The number of thiazole rings is 1. The zero-order valence-electron chi connectivity index (χ0n) is 15.5. The summed E-state index contributed by atoms with van der Waals surface area (Å²) in [6.45, 7) is 5.19. The molecule has 3 aromatic rings. The number of aliphatic imine (C=N–C) groups is 1. The average Bonchev–Trinajstić information content (AvgIpc) is 2.96. The van der Waals surface area contributed by atoms with Gasteiger partial charge in [-0.1, -0.05) is 0 Å². The van der Waals surface area contributed by atoms with E-state index in [4.69, 9.17) is 0 Å². The molecule has 0 saturated carbocycles. The summed E-state index contributed by atoms with van der Waals surface area (Å²) in [5.74, 6) is -0.268. The van der Waals surface area contributed by atoms with Crippen LogP contribution < -0.4 is 10.5 Å². The summed E-state index contributed by atoms with van der Waals surface area (Å²) < 4.78 is 14.8. The smallest absolute Gasteiger partial charge is 0.259 e. The molecule has 0 amide bonds. The lowest BCUT2D eigenvalue weighted by atomic mass is 10.2. The number of aromatic nitrogens is 2. The van der Waals surface area contributed by atoms with Gasteiger partial charge in [-0.05, 0) is 50.3 Å². The van der Waals surface area contributed by atoms with Crippen molar-refractivity contribution in [3.63, 3.8) is 0 Å². The van der Waals surface area contributed by atoms with Gasteiger partial charge in [0.25, 0.3) is 5.56 Å². The molecule has 140 valence electrons. The second kappa shape index (κ2) is 8.26. The number of rotatable bonds is 6. The Balaban J connectivity index is 1.96. The van der Waals surface area contributed by atoms with Gasteiger partial charge >= 0.3 is 0 Å². The van der Waals surface area contributed by atoms with E-state index in [2.05, 4.69) is 14.9 Å². The molecule has 5 nitrogen and oxygen atoms in total. The monoisotopic (exact) mass is 384 g/mol. The summed E-state index contributed by atoms with van der Waals surface area (Å²) in [6.07, 6.45) is 5.35. The first-order valence-corrected chi connectivity index (χ1v) is 9.46. The highest BCUT2D eigenvalue weighted by Gasteiger charge is 2.13. The van der Waals surface area contributed by atoms with Crippen molar-refractivity contribution < 1.29 is 4.39 Å². The number of fused-ring (bicyclic) bond motifs is 1. The largest absolute Gasteiger partial charge is 0.366 e. The van der Waals surface area contributed by atoms with Crippen molar-refractivity contribution in [2.24, 2.45) is 4.99 Å². The maximum atomic E-state index is 13.2. The number of aryl methyl sites for hydroxylation is 1. The van der Waals surface area contributed by atoms with Crippen LogP contribution in [0.3, 0.4) is 0 Å². The molecule has 27 heavy (non-hydrogen) atoms.